The Kier molecular flexibility index (Phi) is 17.1. The Morgan fingerprint density at radius 1 is 0.962 bits per heavy atom. The van der Waals surface area contributed by atoms with Crippen molar-refractivity contribution in [3.05, 3.63) is 77.0 Å². The number of likely N-dealkylation sites (N-methyl/N-ethyl adjacent to an activating group) is 1. The van der Waals surface area contributed by atoms with Crippen LogP contribution in [-0.4, -0.2) is 191 Å². The molecule has 6 aliphatic rings. The summed E-state index contributed by atoms with van der Waals surface area (Å²) in [6.07, 6.45) is 4.01. The molecule has 3 fully saturated rings. The molecular formula is C59H82N6O14. The maximum absolute atomic E-state index is 15.3. The minimum Gasteiger partial charge on any atom is -0.468 e. The van der Waals surface area contributed by atoms with Crippen molar-refractivity contribution in [2.75, 3.05) is 78.1 Å². The second-order valence-corrected chi connectivity index (χ2v) is 23.2. The van der Waals surface area contributed by atoms with Gasteiger partial charge in [-0.25, -0.2) is 4.79 Å². The van der Waals surface area contributed by atoms with E-state index in [2.05, 4.69) is 37.6 Å². The fraction of sp³-hybridized carbons (Fsp3) is 0.644. The Morgan fingerprint density at radius 2 is 1.75 bits per heavy atom. The number of carbonyl (C=O) groups is 5. The average Bonchev–Trinajstić information content (AvgIpc) is 4.20. The van der Waals surface area contributed by atoms with E-state index in [9.17, 15) is 39.9 Å². The number of hydrogen-bond acceptors (Lipinski definition) is 17. The number of nitrogens with zero attached hydrogens (tertiary/aromatic N) is 3. The molecule has 8 N–H and O–H groups in total. The van der Waals surface area contributed by atoms with E-state index in [1.165, 1.54) is 14.0 Å². The number of ether oxygens (including phenoxy) is 4. The highest BCUT2D eigenvalue weighted by Gasteiger charge is 2.78. The number of aromatic amines is 1. The number of amides is 2. The zero-order chi connectivity index (χ0) is 56.7. The van der Waals surface area contributed by atoms with E-state index in [1.807, 2.05) is 68.3 Å². The van der Waals surface area contributed by atoms with Gasteiger partial charge in [0.2, 0.25) is 5.91 Å². The van der Waals surface area contributed by atoms with Crippen molar-refractivity contribution < 1.29 is 68.5 Å². The number of H-pyrrole nitrogens is 1. The monoisotopic (exact) mass is 1100 g/mol. The third kappa shape index (κ3) is 10.2. The smallest absolute Gasteiger partial charge is 0.328 e. The van der Waals surface area contributed by atoms with Crippen LogP contribution in [0.3, 0.4) is 0 Å². The van der Waals surface area contributed by atoms with Gasteiger partial charge >= 0.3 is 17.9 Å². The number of benzene rings is 2. The molecule has 9 rings (SSSR count). The summed E-state index contributed by atoms with van der Waals surface area (Å²) >= 11 is 0. The van der Waals surface area contributed by atoms with Gasteiger partial charge in [-0.1, -0.05) is 63.3 Å². The molecule has 3 aromatic rings. The van der Waals surface area contributed by atoms with E-state index >= 15 is 9.59 Å². The predicted molar refractivity (Wildman–Crippen MR) is 292 cm³/mol. The van der Waals surface area contributed by atoms with Gasteiger partial charge in [-0.05, 0) is 106 Å². The molecule has 1 saturated carbocycles. The summed E-state index contributed by atoms with van der Waals surface area (Å²) in [7, 11) is 3.29. The third-order valence-corrected chi connectivity index (χ3v) is 18.7. The van der Waals surface area contributed by atoms with Crippen molar-refractivity contribution in [1.82, 2.24) is 25.4 Å². The number of aliphatic hydroxyl groups excluding tert-OH is 3. The van der Waals surface area contributed by atoms with Gasteiger partial charge in [0.1, 0.15) is 24.2 Å². The SMILES string of the molecule is CCC(CO)OC(O)COC(=O)CCCC(=O)NC(C)C(=O)OCCCNC(=O)[C@]1(O)C2N(C)c3ccc([C@@]4(C(=O)OC)C[C@@H]5C[N@](CCc6c4[nH]c4ccccc64)CC(O)(CC)C5)cc3[C@@]23CCN2CC=C[C@](CC)(C23)[C@H]1O. The molecule has 432 valence electrons. The number of piperidine rings is 1. The largest absolute Gasteiger partial charge is 0.468 e. The summed E-state index contributed by atoms with van der Waals surface area (Å²) < 4.78 is 21.6. The molecule has 2 amide bonds. The zero-order valence-electron chi connectivity index (χ0n) is 46.6. The number of methoxy groups -OCH3 is 1. The van der Waals surface area contributed by atoms with Gasteiger partial charge in [-0.3, -0.25) is 29.0 Å². The van der Waals surface area contributed by atoms with Gasteiger partial charge in [0.25, 0.3) is 5.91 Å². The van der Waals surface area contributed by atoms with Gasteiger partial charge in [-0.15, -0.1) is 0 Å². The highest BCUT2D eigenvalue weighted by Crippen LogP contribution is 2.67. The lowest BCUT2D eigenvalue weighted by atomic mass is 9.47. The molecule has 5 aliphatic heterocycles. The number of hydrogen-bond donors (Lipinski definition) is 8. The number of rotatable bonds is 21. The lowest BCUT2D eigenvalue weighted by Crippen LogP contribution is -2.81. The predicted octanol–water partition coefficient (Wildman–Crippen LogP) is 2.61. The van der Waals surface area contributed by atoms with E-state index in [-0.39, 0.29) is 57.4 Å². The van der Waals surface area contributed by atoms with E-state index < -0.39 is 94.4 Å². The molecule has 1 spiro atoms. The molecule has 2 bridgehead atoms. The number of aromatic nitrogens is 1. The van der Waals surface area contributed by atoms with Crippen LogP contribution in [0.2, 0.25) is 0 Å². The molecule has 13 atom stereocenters. The molecule has 1 aromatic heterocycles. The molecule has 20 heteroatoms. The number of fused-ring (bicyclic) bond motifs is 6. The first-order valence-electron chi connectivity index (χ1n) is 28.5. The average molecular weight is 1100 g/mol. The summed E-state index contributed by atoms with van der Waals surface area (Å²) in [5, 5.41) is 64.0. The van der Waals surface area contributed by atoms with Crippen LogP contribution in [0.5, 0.6) is 0 Å². The van der Waals surface area contributed by atoms with Crippen LogP contribution in [0.1, 0.15) is 114 Å². The van der Waals surface area contributed by atoms with Gasteiger partial charge in [-0.2, -0.15) is 0 Å². The molecule has 20 nitrogen and oxygen atoms in total. The first-order chi connectivity index (χ1) is 37.8. The summed E-state index contributed by atoms with van der Waals surface area (Å²) in [4.78, 5) is 78.5. The van der Waals surface area contributed by atoms with Crippen molar-refractivity contribution in [3.63, 3.8) is 0 Å². The van der Waals surface area contributed by atoms with E-state index in [0.29, 0.717) is 83.2 Å². The number of carbonyl (C=O) groups excluding carboxylic acids is 5. The standard InChI is InChI=1S/C59H82N6O14/c1-7-39(33-66)79-47(69)34-78-46(68)18-12-17-45(67)61-36(4)49(70)77-28-14-24-60-53(72)59(75)51-57(23-27-65-25-13-22-56(9-3,50(57)65)52(59)71)42-29-38(19-20-44(42)63(51)5)58(54(73)76-6)31-37-30-55(74,8-2)35-64(32-37)26-21-41-40-15-10-11-16-43(40)62-48(41)58/h10-11,13,15-16,19-20,22,29,36-37,39,47,50-52,62,66,69,71,74-75H,7-9,12,14,17-18,21,23-28,30-35H2,1-6H3,(H,60,72)(H,61,67)/t36?,37-,39?,47?,50?,51?,52-,55?,56-,57-,58+,59+/m1/s1. The Balaban J connectivity index is 0.943. The summed E-state index contributed by atoms with van der Waals surface area (Å²) in [6.45, 7) is 9.56. The van der Waals surface area contributed by atoms with Crippen molar-refractivity contribution in [2.45, 2.75) is 157 Å². The number of anilines is 1. The fourth-order valence-corrected chi connectivity index (χ4v) is 15.0. The molecule has 1 aliphatic carbocycles. The van der Waals surface area contributed by atoms with Gasteiger partial charge in [0, 0.05) is 91.8 Å². The van der Waals surface area contributed by atoms with Crippen LogP contribution in [0.4, 0.5) is 5.69 Å². The molecular weight excluding hydrogens is 1020 g/mol. The fourth-order valence-electron chi connectivity index (χ4n) is 15.0. The van der Waals surface area contributed by atoms with Gasteiger partial charge in [0.05, 0.1) is 38.1 Å². The second-order valence-electron chi connectivity index (χ2n) is 23.2. The van der Waals surface area contributed by atoms with Crippen LogP contribution in [0.15, 0.2) is 54.6 Å². The van der Waals surface area contributed by atoms with Crippen molar-refractivity contribution in [3.8, 4) is 0 Å². The lowest BCUT2D eigenvalue weighted by Gasteiger charge is -2.63. The number of para-hydroxylation sites is 1. The Bertz CT molecular complexity index is 2790. The second kappa shape index (κ2) is 23.2. The Hall–Kier alpha value is -5.45. The maximum Gasteiger partial charge on any atom is 0.328 e. The van der Waals surface area contributed by atoms with Crippen molar-refractivity contribution >= 4 is 46.3 Å². The number of esters is 3. The maximum atomic E-state index is 15.3. The molecule has 79 heavy (non-hydrogen) atoms. The van der Waals surface area contributed by atoms with Crippen LogP contribution in [0.25, 0.3) is 10.9 Å². The van der Waals surface area contributed by atoms with Crippen molar-refractivity contribution in [1.29, 1.82) is 0 Å². The lowest BCUT2D eigenvalue weighted by molar-refractivity contribution is -0.203. The highest BCUT2D eigenvalue weighted by atomic mass is 16.6. The van der Waals surface area contributed by atoms with Gasteiger partial charge < -0.3 is 65.0 Å². The molecule has 6 unspecified atom stereocenters. The normalized spacial score (nSPS) is 31.7. The zero-order valence-corrected chi connectivity index (χ0v) is 46.6. The van der Waals surface area contributed by atoms with Crippen LogP contribution >= 0.6 is 0 Å². The Morgan fingerprint density at radius 3 is 2.48 bits per heavy atom. The van der Waals surface area contributed by atoms with E-state index in [0.717, 1.165) is 33.4 Å². The highest BCUT2D eigenvalue weighted by molar-refractivity contribution is 5.94. The molecule has 6 heterocycles. The summed E-state index contributed by atoms with van der Waals surface area (Å²) in [5.41, 5.74) is -1.62. The first kappa shape index (κ1) is 58.2. The van der Waals surface area contributed by atoms with Crippen LogP contribution < -0.4 is 15.5 Å². The van der Waals surface area contributed by atoms with E-state index in [1.54, 1.807) is 6.92 Å². The Labute approximate surface area is 462 Å². The summed E-state index contributed by atoms with van der Waals surface area (Å²) in [6, 6.07) is 11.9. The quantitative estimate of drug-likeness (QED) is 0.0250. The van der Waals surface area contributed by atoms with Crippen LogP contribution in [-0.2, 0) is 60.2 Å². The van der Waals surface area contributed by atoms with E-state index in [4.69, 9.17) is 18.9 Å². The topological polar surface area (TPSA) is 273 Å². The third-order valence-electron chi connectivity index (χ3n) is 18.7. The first-order valence-corrected chi connectivity index (χ1v) is 28.5. The molecule has 2 saturated heterocycles. The summed E-state index contributed by atoms with van der Waals surface area (Å²) in [5.74, 6) is -3.14. The molecule has 0 radical (unpaired) electrons. The minimum atomic E-state index is -2.38. The van der Waals surface area contributed by atoms with Gasteiger partial charge in [0.15, 0.2) is 11.9 Å². The number of nitrogens with one attached hydrogen (secondary N) is 3. The van der Waals surface area contributed by atoms with Crippen molar-refractivity contribution in [2.24, 2.45) is 11.3 Å². The minimum absolute atomic E-state index is 0.0208. The van der Waals surface area contributed by atoms with Crippen LogP contribution in [0, 0.1) is 11.3 Å². The number of aliphatic hydroxyl groups is 5. The molecule has 2 aromatic carbocycles.